The van der Waals surface area contributed by atoms with Crippen molar-refractivity contribution in [3.05, 3.63) is 11.6 Å². The zero-order valence-electron chi connectivity index (χ0n) is 19.3. The molecular formula is C27H47LiO. The van der Waals surface area contributed by atoms with E-state index < -0.39 is 0 Å². The van der Waals surface area contributed by atoms with Gasteiger partial charge < -0.3 is 5.11 Å². The Morgan fingerprint density at radius 2 is 1.76 bits per heavy atom. The van der Waals surface area contributed by atoms with Crippen LogP contribution in [-0.4, -0.2) is 30.1 Å². The second-order valence-corrected chi connectivity index (χ2v) is 12.2. The van der Waals surface area contributed by atoms with Gasteiger partial charge in [0.25, 0.3) is 0 Å². The van der Waals surface area contributed by atoms with Gasteiger partial charge in [-0.1, -0.05) is 65.5 Å². The normalized spacial score (nSPS) is 44.9. The molecule has 162 valence electrons. The summed E-state index contributed by atoms with van der Waals surface area (Å²) >= 11 is 0. The van der Waals surface area contributed by atoms with Crippen molar-refractivity contribution in [2.45, 2.75) is 111 Å². The topological polar surface area (TPSA) is 20.2 Å². The van der Waals surface area contributed by atoms with Gasteiger partial charge in [-0.05, 0) is 97.7 Å². The first kappa shape index (κ1) is 24.0. The second-order valence-electron chi connectivity index (χ2n) is 12.2. The van der Waals surface area contributed by atoms with Gasteiger partial charge >= 0.3 is 18.9 Å². The van der Waals surface area contributed by atoms with Gasteiger partial charge in [0.05, 0.1) is 6.10 Å². The fraction of sp³-hybridized carbons (Fsp3) is 0.926. The summed E-state index contributed by atoms with van der Waals surface area (Å²) < 4.78 is 0. The van der Waals surface area contributed by atoms with Gasteiger partial charge in [0, 0.05) is 0 Å². The van der Waals surface area contributed by atoms with Crippen LogP contribution in [0.15, 0.2) is 11.6 Å². The van der Waals surface area contributed by atoms with E-state index in [2.05, 4.69) is 40.7 Å². The van der Waals surface area contributed by atoms with Gasteiger partial charge in [0.1, 0.15) is 0 Å². The molecule has 29 heavy (non-hydrogen) atoms. The van der Waals surface area contributed by atoms with Crippen LogP contribution < -0.4 is 0 Å². The first-order chi connectivity index (χ1) is 13.3. The summed E-state index contributed by atoms with van der Waals surface area (Å²) in [5, 5.41) is 10.2. The Labute approximate surface area is 193 Å². The van der Waals surface area contributed by atoms with Crippen LogP contribution in [-0.2, 0) is 0 Å². The number of fused-ring (bicyclic) bond motifs is 5. The van der Waals surface area contributed by atoms with Crippen LogP contribution in [0.25, 0.3) is 0 Å². The molecule has 4 aliphatic carbocycles. The van der Waals surface area contributed by atoms with Gasteiger partial charge in [-0.2, -0.15) is 0 Å². The molecule has 0 spiro atoms. The number of allylic oxidation sites excluding steroid dienone is 1. The molecule has 0 unspecified atom stereocenters. The Morgan fingerprint density at radius 1 is 1.00 bits per heavy atom. The summed E-state index contributed by atoms with van der Waals surface area (Å²) in [6.45, 7) is 12.6. The molecule has 1 nitrogen and oxygen atoms in total. The van der Waals surface area contributed by atoms with Crippen LogP contribution in [0.2, 0.25) is 0 Å². The molecule has 1 N–H and O–H groups in total. The molecule has 0 heterocycles. The second kappa shape index (κ2) is 9.04. The first-order valence-electron chi connectivity index (χ1n) is 12.6. The average molecular weight is 395 g/mol. The fourth-order valence-corrected chi connectivity index (χ4v) is 8.67. The minimum absolute atomic E-state index is 0. The van der Waals surface area contributed by atoms with Crippen LogP contribution in [0.5, 0.6) is 0 Å². The Kier molecular flexibility index (Phi) is 7.47. The summed E-state index contributed by atoms with van der Waals surface area (Å²) in [6, 6.07) is 0. The quantitative estimate of drug-likeness (QED) is 0.404. The van der Waals surface area contributed by atoms with Gasteiger partial charge in [0.15, 0.2) is 0 Å². The fourth-order valence-electron chi connectivity index (χ4n) is 8.67. The van der Waals surface area contributed by atoms with Crippen LogP contribution in [0.3, 0.4) is 0 Å². The summed E-state index contributed by atoms with van der Waals surface area (Å²) in [4.78, 5) is 0. The molecule has 0 radical (unpaired) electrons. The van der Waals surface area contributed by atoms with E-state index >= 15 is 0 Å². The molecule has 0 bridgehead atoms. The molecule has 4 rings (SSSR count). The van der Waals surface area contributed by atoms with Crippen molar-refractivity contribution in [2.24, 2.45) is 46.3 Å². The third kappa shape index (κ3) is 4.20. The third-order valence-corrected chi connectivity index (χ3v) is 10.3. The van der Waals surface area contributed by atoms with E-state index in [1.54, 1.807) is 5.57 Å². The van der Waals surface area contributed by atoms with Crippen molar-refractivity contribution < 1.29 is 5.11 Å². The van der Waals surface area contributed by atoms with Gasteiger partial charge in [-0.15, -0.1) is 0 Å². The molecule has 2 heteroatoms. The zero-order valence-corrected chi connectivity index (χ0v) is 19.3. The van der Waals surface area contributed by atoms with E-state index in [4.69, 9.17) is 0 Å². The van der Waals surface area contributed by atoms with Crippen LogP contribution in [0.4, 0.5) is 0 Å². The number of aliphatic hydroxyl groups is 1. The van der Waals surface area contributed by atoms with Crippen LogP contribution in [0, 0.1) is 46.3 Å². The van der Waals surface area contributed by atoms with Crippen molar-refractivity contribution in [1.82, 2.24) is 0 Å². The number of aliphatic hydroxyl groups excluding tert-OH is 1. The maximum atomic E-state index is 10.2. The SMILES string of the molecule is CC(C)CCC[C@@H](C)[C@H]1CC[C@H]2[C@@H]3CC=C4C[C@@H](O)CC[C@]4(C)[C@H]3CC[C@]12C.[LiH]. The predicted octanol–water partition coefficient (Wildman–Crippen LogP) is 6.74. The Balaban J connectivity index is 0.00000240. The Bertz CT molecular complexity index is 597. The van der Waals surface area contributed by atoms with Gasteiger partial charge in [-0.3, -0.25) is 0 Å². The van der Waals surface area contributed by atoms with E-state index in [-0.39, 0.29) is 25.0 Å². The standard InChI is InChI=1S/C27H46O.Li.H/c1-18(2)7-6-8-19(3)23-11-12-24-22-10-9-20-17-21(28)13-15-26(20,4)25(22)14-16-27(23,24)5;;/h9,18-19,21-25,28H,6-8,10-17H2,1-5H3;;/t19-,21+,22+,23-,24+,25+,26+,27-;;/m1../s1. The van der Waals surface area contributed by atoms with Crippen molar-refractivity contribution in [1.29, 1.82) is 0 Å². The monoisotopic (exact) mass is 394 g/mol. The van der Waals surface area contributed by atoms with Crippen molar-refractivity contribution in [3.63, 3.8) is 0 Å². The van der Waals surface area contributed by atoms with E-state index in [1.807, 2.05) is 0 Å². The van der Waals surface area contributed by atoms with Crippen molar-refractivity contribution >= 4 is 18.9 Å². The Hall–Kier alpha value is 0.297. The van der Waals surface area contributed by atoms with E-state index in [1.165, 1.54) is 57.8 Å². The van der Waals surface area contributed by atoms with Gasteiger partial charge in [0.2, 0.25) is 0 Å². The molecule has 4 aliphatic rings. The summed E-state index contributed by atoms with van der Waals surface area (Å²) in [5.74, 6) is 5.46. The molecule has 0 aromatic rings. The number of hydrogen-bond acceptors (Lipinski definition) is 1. The van der Waals surface area contributed by atoms with E-state index in [0.717, 1.165) is 48.3 Å². The molecule has 0 amide bonds. The van der Waals surface area contributed by atoms with Crippen molar-refractivity contribution in [3.8, 4) is 0 Å². The summed E-state index contributed by atoms with van der Waals surface area (Å²) in [6.07, 6.45) is 17.2. The molecule has 8 atom stereocenters. The third-order valence-electron chi connectivity index (χ3n) is 10.3. The maximum absolute atomic E-state index is 10.2. The van der Waals surface area contributed by atoms with Crippen molar-refractivity contribution in [2.75, 3.05) is 0 Å². The molecule has 0 aliphatic heterocycles. The van der Waals surface area contributed by atoms with E-state index in [0.29, 0.717) is 10.8 Å². The van der Waals surface area contributed by atoms with Gasteiger partial charge in [-0.25, -0.2) is 0 Å². The molecule has 0 saturated heterocycles. The molecular weight excluding hydrogens is 347 g/mol. The first-order valence-corrected chi connectivity index (χ1v) is 12.6. The molecule has 0 aromatic heterocycles. The van der Waals surface area contributed by atoms with E-state index in [9.17, 15) is 5.11 Å². The minimum atomic E-state index is -0.0766. The average Bonchev–Trinajstić information content (AvgIpc) is 2.99. The van der Waals surface area contributed by atoms with Crippen LogP contribution in [0.1, 0.15) is 105 Å². The number of rotatable bonds is 5. The molecule has 3 saturated carbocycles. The van der Waals surface area contributed by atoms with Crippen LogP contribution >= 0.6 is 0 Å². The number of hydrogen-bond donors (Lipinski definition) is 1. The molecule has 3 fully saturated rings. The predicted molar refractivity (Wildman–Crippen MR) is 126 cm³/mol. The zero-order chi connectivity index (χ0) is 20.1. The summed E-state index contributed by atoms with van der Waals surface area (Å²) in [5.41, 5.74) is 2.60. The molecule has 0 aromatic carbocycles. The summed E-state index contributed by atoms with van der Waals surface area (Å²) in [7, 11) is 0. The Morgan fingerprint density at radius 3 is 2.48 bits per heavy atom.